The molecule has 110 valence electrons. The van der Waals surface area contributed by atoms with Crippen molar-refractivity contribution < 1.29 is 19.5 Å². The Morgan fingerprint density at radius 1 is 1.19 bits per heavy atom. The van der Waals surface area contributed by atoms with E-state index in [1.54, 1.807) is 24.3 Å². The molecule has 0 spiro atoms. The fourth-order valence-corrected chi connectivity index (χ4v) is 1.84. The van der Waals surface area contributed by atoms with Gasteiger partial charge in [0, 0.05) is 17.5 Å². The van der Waals surface area contributed by atoms with Gasteiger partial charge < -0.3 is 21.5 Å². The van der Waals surface area contributed by atoms with Crippen LogP contribution in [0.25, 0.3) is 0 Å². The Hall–Kier alpha value is -2.87. The number of primary amides is 1. The van der Waals surface area contributed by atoms with E-state index in [9.17, 15) is 14.4 Å². The Labute approximate surface area is 120 Å². The smallest absolute Gasteiger partial charge is 0.316 e. The number of benzene rings is 1. The maximum Gasteiger partial charge on any atom is 0.316 e. The zero-order valence-electron chi connectivity index (χ0n) is 11.0. The van der Waals surface area contributed by atoms with Crippen LogP contribution in [0, 0.1) is 0 Å². The molecular weight excluding hydrogens is 276 g/mol. The third kappa shape index (κ3) is 3.37. The zero-order valence-corrected chi connectivity index (χ0v) is 11.0. The molecular formula is C13H14N4O4. The summed E-state index contributed by atoms with van der Waals surface area (Å²) < 4.78 is 0. The van der Waals surface area contributed by atoms with E-state index in [0.717, 1.165) is 4.90 Å². The van der Waals surface area contributed by atoms with Crippen molar-refractivity contribution in [2.75, 3.05) is 23.8 Å². The second kappa shape index (κ2) is 6.06. The minimum Gasteiger partial charge on any atom is -0.395 e. The van der Waals surface area contributed by atoms with Gasteiger partial charge in [0.15, 0.2) is 0 Å². The fraction of sp³-hybridized carbons (Fsp3) is 0.154. The molecule has 0 atom stereocenters. The number of β-amino-alcohol motifs (C(OH)–C–C–N with tert-alkyl or cyclic N) is 1. The van der Waals surface area contributed by atoms with Crippen molar-refractivity contribution in [3.05, 3.63) is 36.0 Å². The van der Waals surface area contributed by atoms with Gasteiger partial charge >= 0.3 is 6.03 Å². The molecule has 0 unspecified atom stereocenters. The van der Waals surface area contributed by atoms with Gasteiger partial charge in [-0.05, 0) is 24.3 Å². The molecule has 8 nitrogen and oxygen atoms in total. The molecule has 21 heavy (non-hydrogen) atoms. The summed E-state index contributed by atoms with van der Waals surface area (Å²) in [5.74, 6) is -0.961. The summed E-state index contributed by atoms with van der Waals surface area (Å²) in [6.45, 7) is -0.326. The summed E-state index contributed by atoms with van der Waals surface area (Å²) in [7, 11) is 0. The topological polar surface area (TPSA) is 125 Å². The number of hydrogen-bond donors (Lipinski definition) is 4. The van der Waals surface area contributed by atoms with E-state index < -0.39 is 17.8 Å². The van der Waals surface area contributed by atoms with Crippen molar-refractivity contribution in [2.45, 2.75) is 0 Å². The summed E-state index contributed by atoms with van der Waals surface area (Å²) in [5.41, 5.74) is 6.20. The normalized spacial score (nSPS) is 14.1. The Morgan fingerprint density at radius 3 is 2.38 bits per heavy atom. The van der Waals surface area contributed by atoms with E-state index in [-0.39, 0.29) is 18.8 Å². The Bertz CT molecular complexity index is 609. The van der Waals surface area contributed by atoms with Gasteiger partial charge in [-0.2, -0.15) is 0 Å². The van der Waals surface area contributed by atoms with Gasteiger partial charge in [0.25, 0.3) is 11.8 Å². The van der Waals surface area contributed by atoms with Gasteiger partial charge in [-0.3, -0.25) is 14.5 Å². The van der Waals surface area contributed by atoms with Crippen molar-refractivity contribution in [2.24, 2.45) is 5.73 Å². The van der Waals surface area contributed by atoms with Crippen molar-refractivity contribution in [3.8, 4) is 0 Å². The lowest BCUT2D eigenvalue weighted by molar-refractivity contribution is -0.137. The van der Waals surface area contributed by atoms with E-state index in [1.807, 2.05) is 0 Å². The van der Waals surface area contributed by atoms with Crippen molar-refractivity contribution >= 4 is 29.2 Å². The van der Waals surface area contributed by atoms with E-state index in [2.05, 4.69) is 10.6 Å². The lowest BCUT2D eigenvalue weighted by Crippen LogP contribution is -2.34. The molecule has 0 saturated carbocycles. The van der Waals surface area contributed by atoms with E-state index in [4.69, 9.17) is 10.8 Å². The van der Waals surface area contributed by atoms with Crippen LogP contribution in [0.4, 0.5) is 16.2 Å². The number of nitrogens with zero attached hydrogens (tertiary/aromatic N) is 1. The first kappa shape index (κ1) is 14.5. The largest absolute Gasteiger partial charge is 0.395 e. The van der Waals surface area contributed by atoms with Crippen LogP contribution < -0.4 is 16.4 Å². The SMILES string of the molecule is NC(=O)Nc1ccc(NC2=CC(=O)N(CCO)C2=O)cc1. The van der Waals surface area contributed by atoms with Crippen LogP contribution in [0.5, 0.6) is 0 Å². The first-order valence-corrected chi connectivity index (χ1v) is 6.13. The van der Waals surface area contributed by atoms with E-state index >= 15 is 0 Å². The minimum absolute atomic E-state index is 0.0409. The molecule has 4 amide bonds. The molecule has 0 fully saturated rings. The van der Waals surface area contributed by atoms with Crippen LogP contribution in [0.1, 0.15) is 0 Å². The lowest BCUT2D eigenvalue weighted by Gasteiger charge is -2.13. The predicted molar refractivity (Wildman–Crippen MR) is 75.2 cm³/mol. The van der Waals surface area contributed by atoms with Gasteiger partial charge in [-0.1, -0.05) is 0 Å². The van der Waals surface area contributed by atoms with Crippen LogP contribution in [0.15, 0.2) is 36.0 Å². The van der Waals surface area contributed by atoms with Gasteiger partial charge in [-0.25, -0.2) is 4.79 Å². The average Bonchev–Trinajstić information content (AvgIpc) is 2.69. The van der Waals surface area contributed by atoms with Gasteiger partial charge in [0.1, 0.15) is 5.70 Å². The number of rotatable bonds is 5. The number of aliphatic hydroxyl groups is 1. The number of carbonyl (C=O) groups is 3. The molecule has 0 bridgehead atoms. The number of hydrogen-bond acceptors (Lipinski definition) is 5. The van der Waals surface area contributed by atoms with Crippen molar-refractivity contribution in [1.82, 2.24) is 4.90 Å². The highest BCUT2D eigenvalue weighted by atomic mass is 16.3. The summed E-state index contributed by atoms with van der Waals surface area (Å²) in [5, 5.41) is 14.0. The van der Waals surface area contributed by atoms with Gasteiger partial charge in [-0.15, -0.1) is 0 Å². The summed E-state index contributed by atoms with van der Waals surface area (Å²) >= 11 is 0. The van der Waals surface area contributed by atoms with E-state index in [1.165, 1.54) is 6.08 Å². The second-order valence-corrected chi connectivity index (χ2v) is 4.27. The highest BCUT2D eigenvalue weighted by Crippen LogP contribution is 2.19. The fourth-order valence-electron chi connectivity index (χ4n) is 1.84. The molecule has 1 heterocycles. The monoisotopic (exact) mass is 290 g/mol. The molecule has 1 aliphatic rings. The first-order chi connectivity index (χ1) is 10.0. The van der Waals surface area contributed by atoms with Crippen LogP contribution in [0.3, 0.4) is 0 Å². The number of urea groups is 1. The Kier molecular flexibility index (Phi) is 4.19. The Morgan fingerprint density at radius 2 is 1.81 bits per heavy atom. The maximum atomic E-state index is 11.9. The average molecular weight is 290 g/mol. The van der Waals surface area contributed by atoms with Crippen LogP contribution >= 0.6 is 0 Å². The molecule has 2 rings (SSSR count). The molecule has 5 N–H and O–H groups in total. The number of aliphatic hydroxyl groups excluding tert-OH is 1. The highest BCUT2D eigenvalue weighted by Gasteiger charge is 2.30. The lowest BCUT2D eigenvalue weighted by atomic mass is 10.2. The molecule has 8 heteroatoms. The third-order valence-corrected chi connectivity index (χ3v) is 2.76. The molecule has 0 saturated heterocycles. The molecule has 0 aromatic heterocycles. The van der Waals surface area contributed by atoms with E-state index in [0.29, 0.717) is 11.4 Å². The minimum atomic E-state index is -0.672. The third-order valence-electron chi connectivity index (χ3n) is 2.76. The number of nitrogens with two attached hydrogens (primary N) is 1. The van der Waals surface area contributed by atoms with Crippen LogP contribution in [-0.2, 0) is 9.59 Å². The first-order valence-electron chi connectivity index (χ1n) is 6.13. The van der Waals surface area contributed by atoms with Gasteiger partial charge in [0.2, 0.25) is 0 Å². The molecule has 0 radical (unpaired) electrons. The molecule has 1 aromatic rings. The predicted octanol–water partition coefficient (Wildman–Crippen LogP) is -0.166. The number of anilines is 2. The molecule has 1 aliphatic heterocycles. The van der Waals surface area contributed by atoms with Crippen LogP contribution in [0.2, 0.25) is 0 Å². The quantitative estimate of drug-likeness (QED) is 0.560. The summed E-state index contributed by atoms with van der Waals surface area (Å²) in [6, 6.07) is 5.77. The summed E-state index contributed by atoms with van der Waals surface area (Å²) in [6.07, 6.45) is 1.17. The molecule has 0 aliphatic carbocycles. The standard InChI is InChI=1S/C13H14N4O4/c14-13(21)16-9-3-1-8(2-4-9)15-10-7-11(19)17(5-6-18)12(10)20/h1-4,7,15,18H,5-6H2,(H3,14,16,21). The van der Waals surface area contributed by atoms with Crippen LogP contribution in [-0.4, -0.2) is 41.0 Å². The maximum absolute atomic E-state index is 11.9. The number of amides is 4. The van der Waals surface area contributed by atoms with Gasteiger partial charge in [0.05, 0.1) is 13.2 Å². The summed E-state index contributed by atoms with van der Waals surface area (Å²) in [4.78, 5) is 35.1. The zero-order chi connectivity index (χ0) is 15.4. The second-order valence-electron chi connectivity index (χ2n) is 4.27. The Balaban J connectivity index is 2.05. The number of imide groups is 1. The van der Waals surface area contributed by atoms with Crippen molar-refractivity contribution in [1.29, 1.82) is 0 Å². The highest BCUT2D eigenvalue weighted by molar-refractivity contribution is 6.17. The number of carbonyl (C=O) groups excluding carboxylic acids is 3. The van der Waals surface area contributed by atoms with Crippen molar-refractivity contribution in [3.63, 3.8) is 0 Å². The molecule has 1 aromatic carbocycles. The number of nitrogens with one attached hydrogen (secondary N) is 2.